The van der Waals surface area contributed by atoms with E-state index >= 15 is 0 Å². The number of carbonyl (C=O) groups excluding carboxylic acids is 2. The van der Waals surface area contributed by atoms with Crippen LogP contribution in [0.1, 0.15) is 16.8 Å². The molecule has 0 radical (unpaired) electrons. The maximum atomic E-state index is 12.4. The Hall–Kier alpha value is -3.71. The number of hydrogen-bond acceptors (Lipinski definition) is 5. The second kappa shape index (κ2) is 10.1. The minimum absolute atomic E-state index is 0.0517. The van der Waals surface area contributed by atoms with Gasteiger partial charge in [0.25, 0.3) is 0 Å². The molecule has 160 valence electrons. The number of rotatable bonds is 6. The van der Waals surface area contributed by atoms with Crippen molar-refractivity contribution >= 4 is 40.4 Å². The van der Waals surface area contributed by atoms with Gasteiger partial charge in [-0.1, -0.05) is 71.9 Å². The van der Waals surface area contributed by atoms with Crippen molar-refractivity contribution in [3.05, 3.63) is 95.7 Å². The highest BCUT2D eigenvalue weighted by molar-refractivity contribution is 7.99. The molecule has 2 N–H and O–H groups in total. The molecule has 1 aromatic heterocycles. The minimum Gasteiger partial charge on any atom is -0.308 e. The molecule has 6 nitrogen and oxygen atoms in total. The summed E-state index contributed by atoms with van der Waals surface area (Å²) in [4.78, 5) is 34.0. The van der Waals surface area contributed by atoms with Gasteiger partial charge >= 0.3 is 6.03 Å². The number of thioether (sulfide) groups is 1. The average Bonchev–Trinajstić information content (AvgIpc) is 2.80. The smallest absolute Gasteiger partial charge is 0.308 e. The quantitative estimate of drug-likeness (QED) is 0.412. The van der Waals surface area contributed by atoms with Crippen molar-refractivity contribution in [2.45, 2.75) is 18.4 Å². The first kappa shape index (κ1) is 21.5. The Labute approximate surface area is 190 Å². The summed E-state index contributed by atoms with van der Waals surface area (Å²) in [5.74, 6) is -0.351. The van der Waals surface area contributed by atoms with Gasteiger partial charge in [-0.05, 0) is 36.8 Å². The number of hydrogen-bond donors (Lipinski definition) is 2. The number of aryl methyl sites for hydroxylation is 1. The minimum atomic E-state index is -0.562. The molecule has 7 heteroatoms. The van der Waals surface area contributed by atoms with E-state index in [1.54, 1.807) is 12.1 Å². The van der Waals surface area contributed by atoms with E-state index in [1.807, 2.05) is 73.7 Å². The van der Waals surface area contributed by atoms with E-state index in [-0.39, 0.29) is 5.75 Å². The van der Waals surface area contributed by atoms with E-state index in [0.29, 0.717) is 17.1 Å². The molecule has 1 heterocycles. The number of urea groups is 1. The standard InChI is InChI=1S/C25H22N4O2S/c1-17-11-13-19(14-12-17)26-25(31)29-23(30)16-32-24-22(15-18-7-3-2-4-8-18)27-20-9-5-6-10-21(20)28-24/h2-14H,15-16H2,1H3,(H2,26,29,30,31). The summed E-state index contributed by atoms with van der Waals surface area (Å²) in [5, 5.41) is 5.70. The monoisotopic (exact) mass is 442 g/mol. The van der Waals surface area contributed by atoms with E-state index in [2.05, 4.69) is 10.6 Å². The third-order valence-electron chi connectivity index (χ3n) is 4.72. The van der Waals surface area contributed by atoms with E-state index in [4.69, 9.17) is 9.97 Å². The van der Waals surface area contributed by atoms with Gasteiger partial charge in [-0.15, -0.1) is 0 Å². The van der Waals surface area contributed by atoms with Gasteiger partial charge in [0.15, 0.2) is 0 Å². The van der Waals surface area contributed by atoms with Crippen molar-refractivity contribution in [3.63, 3.8) is 0 Å². The van der Waals surface area contributed by atoms with Crippen LogP contribution in [0.4, 0.5) is 10.5 Å². The van der Waals surface area contributed by atoms with Crippen LogP contribution in [0.3, 0.4) is 0 Å². The number of imide groups is 1. The van der Waals surface area contributed by atoms with Crippen molar-refractivity contribution < 1.29 is 9.59 Å². The van der Waals surface area contributed by atoms with Crippen LogP contribution in [0.5, 0.6) is 0 Å². The number of aromatic nitrogens is 2. The summed E-state index contributed by atoms with van der Waals surface area (Å²) in [6, 6.07) is 24.4. The van der Waals surface area contributed by atoms with E-state index in [9.17, 15) is 9.59 Å². The topological polar surface area (TPSA) is 84.0 Å². The maximum absolute atomic E-state index is 12.4. The molecule has 0 saturated carbocycles. The molecular weight excluding hydrogens is 420 g/mol. The Morgan fingerprint density at radius 3 is 2.22 bits per heavy atom. The number of fused-ring (bicyclic) bond motifs is 1. The highest BCUT2D eigenvalue weighted by Crippen LogP contribution is 2.24. The second-order valence-corrected chi connectivity index (χ2v) is 8.25. The molecule has 0 aliphatic carbocycles. The van der Waals surface area contributed by atoms with Crippen molar-refractivity contribution in [2.75, 3.05) is 11.1 Å². The zero-order chi connectivity index (χ0) is 22.3. The molecule has 4 aromatic rings. The number of anilines is 1. The molecule has 0 fully saturated rings. The van der Waals surface area contributed by atoms with E-state index < -0.39 is 11.9 Å². The van der Waals surface area contributed by atoms with Crippen LogP contribution in [-0.4, -0.2) is 27.7 Å². The Morgan fingerprint density at radius 2 is 1.50 bits per heavy atom. The van der Waals surface area contributed by atoms with Gasteiger partial charge in [0.05, 0.1) is 22.5 Å². The molecule has 32 heavy (non-hydrogen) atoms. The molecule has 4 rings (SSSR count). The van der Waals surface area contributed by atoms with E-state index in [1.165, 1.54) is 11.8 Å². The second-order valence-electron chi connectivity index (χ2n) is 7.28. The molecule has 0 unspecified atom stereocenters. The number of benzene rings is 3. The molecule has 0 bridgehead atoms. The summed E-state index contributed by atoms with van der Waals surface area (Å²) in [5.41, 5.74) is 5.21. The Morgan fingerprint density at radius 1 is 0.844 bits per heavy atom. The molecule has 0 atom stereocenters. The molecule has 0 aliphatic heterocycles. The number of para-hydroxylation sites is 2. The summed E-state index contributed by atoms with van der Waals surface area (Å²) in [6.45, 7) is 1.96. The normalized spacial score (nSPS) is 10.7. The van der Waals surface area contributed by atoms with Crippen LogP contribution in [0.2, 0.25) is 0 Å². The van der Waals surface area contributed by atoms with Crippen LogP contribution >= 0.6 is 11.8 Å². The summed E-state index contributed by atoms with van der Waals surface area (Å²) in [7, 11) is 0. The SMILES string of the molecule is Cc1ccc(NC(=O)NC(=O)CSc2nc3ccccc3nc2Cc2ccccc2)cc1. The van der Waals surface area contributed by atoms with Gasteiger partial charge in [-0.2, -0.15) is 0 Å². The number of carbonyl (C=O) groups is 2. The van der Waals surface area contributed by atoms with Crippen molar-refractivity contribution in [2.24, 2.45) is 0 Å². The molecule has 0 saturated heterocycles. The van der Waals surface area contributed by atoms with Crippen LogP contribution in [0, 0.1) is 6.92 Å². The van der Waals surface area contributed by atoms with Gasteiger partial charge in [0, 0.05) is 12.1 Å². The fourth-order valence-corrected chi connectivity index (χ4v) is 3.92. The van der Waals surface area contributed by atoms with E-state index in [0.717, 1.165) is 27.9 Å². The first-order chi connectivity index (χ1) is 15.6. The van der Waals surface area contributed by atoms with Crippen molar-refractivity contribution in [1.82, 2.24) is 15.3 Å². The van der Waals surface area contributed by atoms with Gasteiger partial charge in [-0.3, -0.25) is 10.1 Å². The predicted molar refractivity (Wildman–Crippen MR) is 128 cm³/mol. The number of nitrogens with one attached hydrogen (secondary N) is 2. The van der Waals surface area contributed by atoms with Crippen molar-refractivity contribution in [3.8, 4) is 0 Å². The fourth-order valence-electron chi connectivity index (χ4n) is 3.14. The molecule has 3 aromatic carbocycles. The lowest BCUT2D eigenvalue weighted by Crippen LogP contribution is -2.35. The average molecular weight is 443 g/mol. The number of amides is 3. The van der Waals surface area contributed by atoms with Gasteiger partial charge in [0.1, 0.15) is 5.03 Å². The third kappa shape index (κ3) is 5.70. The fraction of sp³-hybridized carbons (Fsp3) is 0.120. The molecule has 0 aliphatic rings. The van der Waals surface area contributed by atoms with Gasteiger partial charge in [-0.25, -0.2) is 14.8 Å². The summed E-state index contributed by atoms with van der Waals surface area (Å²) in [6.07, 6.45) is 0.608. The number of nitrogens with zero attached hydrogens (tertiary/aromatic N) is 2. The highest BCUT2D eigenvalue weighted by atomic mass is 32.2. The Balaban J connectivity index is 1.44. The Bertz CT molecular complexity index is 1240. The molecular formula is C25H22N4O2S. The predicted octanol–water partition coefficient (Wildman–Crippen LogP) is 4.97. The van der Waals surface area contributed by atoms with Crippen LogP contribution < -0.4 is 10.6 Å². The lowest BCUT2D eigenvalue weighted by molar-refractivity contribution is -0.117. The lowest BCUT2D eigenvalue weighted by atomic mass is 10.1. The summed E-state index contributed by atoms with van der Waals surface area (Å²) >= 11 is 1.27. The zero-order valence-corrected chi connectivity index (χ0v) is 18.4. The molecule has 0 spiro atoms. The largest absolute Gasteiger partial charge is 0.325 e. The van der Waals surface area contributed by atoms with Crippen LogP contribution in [0.25, 0.3) is 11.0 Å². The first-order valence-corrected chi connectivity index (χ1v) is 11.2. The van der Waals surface area contributed by atoms with Crippen molar-refractivity contribution in [1.29, 1.82) is 0 Å². The summed E-state index contributed by atoms with van der Waals surface area (Å²) < 4.78 is 0. The third-order valence-corrected chi connectivity index (χ3v) is 5.73. The van der Waals surface area contributed by atoms with Gasteiger partial charge < -0.3 is 5.32 Å². The van der Waals surface area contributed by atoms with Crippen LogP contribution in [-0.2, 0) is 11.2 Å². The zero-order valence-electron chi connectivity index (χ0n) is 17.5. The Kier molecular flexibility index (Phi) is 6.77. The lowest BCUT2D eigenvalue weighted by Gasteiger charge is -2.10. The first-order valence-electron chi connectivity index (χ1n) is 10.2. The van der Waals surface area contributed by atoms with Crippen LogP contribution in [0.15, 0.2) is 83.9 Å². The highest BCUT2D eigenvalue weighted by Gasteiger charge is 2.14. The van der Waals surface area contributed by atoms with Gasteiger partial charge in [0.2, 0.25) is 5.91 Å². The maximum Gasteiger partial charge on any atom is 0.325 e. The molecule has 3 amide bonds.